The number of para-hydroxylation sites is 1. The minimum absolute atomic E-state index is 0.0828. The number of rotatable bonds is 4. The van der Waals surface area contributed by atoms with Gasteiger partial charge < -0.3 is 14.1 Å². The lowest BCUT2D eigenvalue weighted by atomic mass is 10.1. The van der Waals surface area contributed by atoms with Crippen LogP contribution in [0.1, 0.15) is 17.1 Å². The molecular weight excluding hydrogens is 294 g/mol. The zero-order valence-corrected chi connectivity index (χ0v) is 12.5. The number of nitrogens with one attached hydrogen (secondary N) is 1. The van der Waals surface area contributed by atoms with Crippen molar-refractivity contribution in [3.63, 3.8) is 0 Å². The molecule has 0 bridgehead atoms. The van der Waals surface area contributed by atoms with Crippen LogP contribution in [0.25, 0.3) is 17.0 Å². The van der Waals surface area contributed by atoms with Crippen LogP contribution < -0.4 is 5.56 Å². The molecule has 0 saturated carbocycles. The summed E-state index contributed by atoms with van der Waals surface area (Å²) >= 11 is 0. The first kappa shape index (κ1) is 14.8. The molecule has 0 amide bonds. The summed E-state index contributed by atoms with van der Waals surface area (Å²) in [5, 5.41) is 0.889. The van der Waals surface area contributed by atoms with E-state index in [0.29, 0.717) is 11.3 Å². The van der Waals surface area contributed by atoms with Gasteiger partial charge >= 0.3 is 5.97 Å². The van der Waals surface area contributed by atoms with Crippen molar-refractivity contribution < 1.29 is 13.9 Å². The van der Waals surface area contributed by atoms with Gasteiger partial charge in [-0.1, -0.05) is 18.2 Å². The minimum Gasteiger partial charge on any atom is -0.462 e. The molecule has 0 aliphatic heterocycles. The molecule has 23 heavy (non-hydrogen) atoms. The van der Waals surface area contributed by atoms with Gasteiger partial charge in [0.15, 0.2) is 0 Å². The van der Waals surface area contributed by atoms with E-state index in [1.807, 2.05) is 31.2 Å². The molecule has 3 aromatic rings. The van der Waals surface area contributed by atoms with E-state index in [0.717, 1.165) is 16.7 Å². The third-order valence-corrected chi connectivity index (χ3v) is 3.35. The standard InChI is InChI=1S/C18H15NO4/c1-12-6-7-15(23-12)8-9-17(20)22-11-14-10-13-4-2-3-5-16(13)19-18(14)21/h2-10H,11H2,1H3,(H,19,21)/b9-8+. The second kappa shape index (κ2) is 6.36. The number of fused-ring (bicyclic) bond motifs is 1. The van der Waals surface area contributed by atoms with Gasteiger partial charge in [0.2, 0.25) is 0 Å². The second-order valence-electron chi connectivity index (χ2n) is 5.10. The van der Waals surface area contributed by atoms with E-state index in [2.05, 4.69) is 4.98 Å². The molecule has 2 heterocycles. The van der Waals surface area contributed by atoms with Crippen LogP contribution in [0, 0.1) is 6.92 Å². The van der Waals surface area contributed by atoms with Crippen molar-refractivity contribution in [3.8, 4) is 0 Å². The molecule has 2 aromatic heterocycles. The Kier molecular flexibility index (Phi) is 4.10. The van der Waals surface area contributed by atoms with Gasteiger partial charge in [-0.25, -0.2) is 4.79 Å². The maximum absolute atomic E-state index is 11.9. The van der Waals surface area contributed by atoms with Crippen LogP contribution in [0.15, 0.2) is 57.8 Å². The molecular formula is C18H15NO4. The van der Waals surface area contributed by atoms with Gasteiger partial charge in [0.05, 0.1) is 5.56 Å². The fourth-order valence-corrected chi connectivity index (χ4v) is 2.19. The lowest BCUT2D eigenvalue weighted by Gasteiger charge is -2.03. The fraction of sp³-hybridized carbons (Fsp3) is 0.111. The molecule has 0 fully saturated rings. The number of H-pyrrole nitrogens is 1. The molecule has 0 saturated heterocycles. The van der Waals surface area contributed by atoms with Crippen LogP contribution in [0.2, 0.25) is 0 Å². The number of aromatic nitrogens is 1. The van der Waals surface area contributed by atoms with Gasteiger partial charge in [0.1, 0.15) is 18.1 Å². The van der Waals surface area contributed by atoms with Crippen LogP contribution >= 0.6 is 0 Å². The molecule has 0 radical (unpaired) electrons. The number of carbonyl (C=O) groups excluding carboxylic acids is 1. The maximum Gasteiger partial charge on any atom is 0.331 e. The van der Waals surface area contributed by atoms with Crippen LogP contribution in [-0.2, 0) is 16.1 Å². The van der Waals surface area contributed by atoms with Gasteiger partial charge in [-0.3, -0.25) is 4.79 Å². The van der Waals surface area contributed by atoms with Crippen LogP contribution in [0.4, 0.5) is 0 Å². The fourth-order valence-electron chi connectivity index (χ4n) is 2.19. The summed E-state index contributed by atoms with van der Waals surface area (Å²) in [5.74, 6) is 0.801. The highest BCUT2D eigenvalue weighted by atomic mass is 16.5. The van der Waals surface area contributed by atoms with E-state index in [9.17, 15) is 9.59 Å². The summed E-state index contributed by atoms with van der Waals surface area (Å²) in [7, 11) is 0. The predicted octanol–water partition coefficient (Wildman–Crippen LogP) is 3.19. The number of esters is 1. The first-order valence-corrected chi connectivity index (χ1v) is 7.14. The van der Waals surface area contributed by atoms with Crippen LogP contribution in [0.5, 0.6) is 0 Å². The quantitative estimate of drug-likeness (QED) is 0.593. The molecule has 116 valence electrons. The number of aryl methyl sites for hydroxylation is 1. The number of furan rings is 1. The Hall–Kier alpha value is -3.08. The lowest BCUT2D eigenvalue weighted by molar-refractivity contribution is -0.138. The summed E-state index contributed by atoms with van der Waals surface area (Å²) in [6, 6.07) is 12.7. The van der Waals surface area contributed by atoms with Crippen molar-refractivity contribution in [2.45, 2.75) is 13.5 Å². The molecule has 0 unspecified atom stereocenters. The number of ether oxygens (including phenoxy) is 1. The molecule has 0 aliphatic carbocycles. The number of carbonyl (C=O) groups is 1. The van der Waals surface area contributed by atoms with Crippen molar-refractivity contribution in [1.29, 1.82) is 0 Å². The first-order valence-electron chi connectivity index (χ1n) is 7.14. The molecule has 0 aliphatic rings. The largest absolute Gasteiger partial charge is 0.462 e. The summed E-state index contributed by atoms with van der Waals surface area (Å²) < 4.78 is 10.4. The zero-order chi connectivity index (χ0) is 16.2. The monoisotopic (exact) mass is 309 g/mol. The highest BCUT2D eigenvalue weighted by Gasteiger charge is 2.05. The SMILES string of the molecule is Cc1ccc(/C=C/C(=O)OCc2cc3ccccc3[nH]c2=O)o1. The third-order valence-electron chi connectivity index (χ3n) is 3.35. The molecule has 0 spiro atoms. The molecule has 0 atom stereocenters. The average Bonchev–Trinajstić information content (AvgIpc) is 2.96. The van der Waals surface area contributed by atoms with Gasteiger partial charge in [-0.05, 0) is 42.7 Å². The molecule has 1 N–H and O–H groups in total. The highest BCUT2D eigenvalue weighted by molar-refractivity contribution is 5.86. The summed E-state index contributed by atoms with van der Waals surface area (Å²) in [5.41, 5.74) is 0.891. The van der Waals surface area contributed by atoms with Gasteiger partial charge in [0.25, 0.3) is 5.56 Å². The maximum atomic E-state index is 11.9. The highest BCUT2D eigenvalue weighted by Crippen LogP contribution is 2.11. The first-order chi connectivity index (χ1) is 11.1. The van der Waals surface area contributed by atoms with Gasteiger partial charge in [-0.2, -0.15) is 0 Å². The molecule has 5 heteroatoms. The van der Waals surface area contributed by atoms with Crippen LogP contribution in [0.3, 0.4) is 0 Å². The summed E-state index contributed by atoms with van der Waals surface area (Å²) in [6.45, 7) is 1.74. The number of hydrogen-bond acceptors (Lipinski definition) is 4. The van der Waals surface area contributed by atoms with E-state index in [-0.39, 0.29) is 12.2 Å². The Morgan fingerprint density at radius 1 is 1.26 bits per heavy atom. The Morgan fingerprint density at radius 2 is 2.09 bits per heavy atom. The summed E-state index contributed by atoms with van der Waals surface area (Å²) in [4.78, 5) is 26.4. The third kappa shape index (κ3) is 3.58. The second-order valence-corrected chi connectivity index (χ2v) is 5.10. The van der Waals surface area contributed by atoms with E-state index in [1.165, 1.54) is 12.2 Å². The van der Waals surface area contributed by atoms with Crippen molar-refractivity contribution in [3.05, 3.63) is 76.0 Å². The topological polar surface area (TPSA) is 72.3 Å². The Balaban J connectivity index is 1.68. The van der Waals surface area contributed by atoms with Crippen LogP contribution in [-0.4, -0.2) is 11.0 Å². The van der Waals surface area contributed by atoms with E-state index in [4.69, 9.17) is 9.15 Å². The smallest absolute Gasteiger partial charge is 0.331 e. The zero-order valence-electron chi connectivity index (χ0n) is 12.5. The van der Waals surface area contributed by atoms with E-state index >= 15 is 0 Å². The predicted molar refractivity (Wildman–Crippen MR) is 86.8 cm³/mol. The molecule has 5 nitrogen and oxygen atoms in total. The van der Waals surface area contributed by atoms with E-state index < -0.39 is 5.97 Å². The normalized spacial score (nSPS) is 11.2. The van der Waals surface area contributed by atoms with Crippen molar-refractivity contribution in [1.82, 2.24) is 4.98 Å². The molecule has 1 aromatic carbocycles. The lowest BCUT2D eigenvalue weighted by Crippen LogP contribution is -2.14. The number of aromatic amines is 1. The van der Waals surface area contributed by atoms with Gasteiger partial charge in [-0.15, -0.1) is 0 Å². The Morgan fingerprint density at radius 3 is 2.87 bits per heavy atom. The van der Waals surface area contributed by atoms with Crippen molar-refractivity contribution in [2.75, 3.05) is 0 Å². The Bertz CT molecular complexity index is 933. The Labute approximate surface area is 132 Å². The summed E-state index contributed by atoms with van der Waals surface area (Å²) in [6.07, 6.45) is 2.80. The minimum atomic E-state index is -0.536. The van der Waals surface area contributed by atoms with Crippen molar-refractivity contribution >= 4 is 22.9 Å². The average molecular weight is 309 g/mol. The number of pyridine rings is 1. The van der Waals surface area contributed by atoms with E-state index in [1.54, 1.807) is 18.2 Å². The number of hydrogen-bond donors (Lipinski definition) is 1. The molecule has 3 rings (SSSR count). The number of benzene rings is 1. The van der Waals surface area contributed by atoms with Gasteiger partial charge in [0, 0.05) is 11.6 Å². The van der Waals surface area contributed by atoms with Crippen molar-refractivity contribution in [2.24, 2.45) is 0 Å².